The zero-order valence-corrected chi connectivity index (χ0v) is 8.14. The fraction of sp³-hybridized carbons (Fsp3) is 0.400. The Labute approximate surface area is 89.0 Å². The van der Waals surface area contributed by atoms with Gasteiger partial charge in [0.25, 0.3) is 0 Å². The Hall–Kier alpha value is -1.30. The molecule has 2 rings (SSSR count). The highest BCUT2D eigenvalue weighted by Crippen LogP contribution is 2.36. The molecule has 16 heavy (non-hydrogen) atoms. The summed E-state index contributed by atoms with van der Waals surface area (Å²) in [5, 5.41) is 0. The van der Waals surface area contributed by atoms with Gasteiger partial charge in [0, 0.05) is 6.04 Å². The Bertz CT molecular complexity index is 416. The molecule has 0 unspecified atom stereocenters. The predicted octanol–water partition coefficient (Wildman–Crippen LogP) is 2.11. The minimum Gasteiger partial charge on any atom is -0.492 e. The summed E-state index contributed by atoms with van der Waals surface area (Å²) in [6, 6.07) is 1.23. The Morgan fingerprint density at radius 2 is 2.00 bits per heavy atom. The molecule has 0 bridgehead atoms. The van der Waals surface area contributed by atoms with Gasteiger partial charge in [-0.05, 0) is 24.1 Å². The van der Waals surface area contributed by atoms with Crippen molar-refractivity contribution in [1.82, 2.24) is 0 Å². The third kappa shape index (κ3) is 1.97. The molecule has 1 aliphatic rings. The molecule has 0 spiro atoms. The Morgan fingerprint density at radius 1 is 1.31 bits per heavy atom. The van der Waals surface area contributed by atoms with Crippen molar-refractivity contribution in [2.45, 2.75) is 18.6 Å². The normalized spacial score (nSPS) is 20.2. The standard InChI is InChI=1S/C10H9F4NO/c11-8-2-5-1-6(15)4-16-9(5)3-7(8)10(12,13)14/h2-3,6H,1,4,15H2/t6-/m1/s1. The maximum atomic E-state index is 13.2. The van der Waals surface area contributed by atoms with Crippen LogP contribution >= 0.6 is 0 Å². The number of halogens is 4. The summed E-state index contributed by atoms with van der Waals surface area (Å²) < 4.78 is 55.3. The second-order valence-corrected chi connectivity index (χ2v) is 3.71. The van der Waals surface area contributed by atoms with E-state index in [2.05, 4.69) is 0 Å². The zero-order valence-electron chi connectivity index (χ0n) is 8.14. The number of nitrogens with two attached hydrogens (primary N) is 1. The molecule has 6 heteroatoms. The number of alkyl halides is 3. The fourth-order valence-corrected chi connectivity index (χ4v) is 1.64. The van der Waals surface area contributed by atoms with E-state index in [0.717, 1.165) is 6.07 Å². The van der Waals surface area contributed by atoms with Crippen molar-refractivity contribution in [2.75, 3.05) is 6.61 Å². The molecular weight excluding hydrogens is 226 g/mol. The lowest BCUT2D eigenvalue weighted by atomic mass is 10.0. The van der Waals surface area contributed by atoms with Crippen LogP contribution < -0.4 is 10.5 Å². The van der Waals surface area contributed by atoms with Crippen LogP contribution in [0.3, 0.4) is 0 Å². The van der Waals surface area contributed by atoms with Crippen LogP contribution in [-0.4, -0.2) is 12.6 Å². The lowest BCUT2D eigenvalue weighted by molar-refractivity contribution is -0.140. The molecule has 2 nitrogen and oxygen atoms in total. The van der Waals surface area contributed by atoms with Crippen LogP contribution in [0.2, 0.25) is 0 Å². The topological polar surface area (TPSA) is 35.2 Å². The maximum Gasteiger partial charge on any atom is 0.419 e. The van der Waals surface area contributed by atoms with Crippen molar-refractivity contribution < 1.29 is 22.3 Å². The molecule has 2 N–H and O–H groups in total. The number of hydrogen-bond acceptors (Lipinski definition) is 2. The minimum absolute atomic E-state index is 0.0652. The van der Waals surface area contributed by atoms with E-state index in [1.54, 1.807) is 0 Å². The van der Waals surface area contributed by atoms with Crippen molar-refractivity contribution in [2.24, 2.45) is 5.73 Å². The highest BCUT2D eigenvalue weighted by atomic mass is 19.4. The molecule has 1 atom stereocenters. The van der Waals surface area contributed by atoms with Gasteiger partial charge < -0.3 is 10.5 Å². The molecule has 1 aromatic carbocycles. The number of ether oxygens (including phenoxy) is 1. The van der Waals surface area contributed by atoms with E-state index in [9.17, 15) is 17.6 Å². The van der Waals surface area contributed by atoms with Gasteiger partial charge in [-0.15, -0.1) is 0 Å². The van der Waals surface area contributed by atoms with Crippen LogP contribution in [-0.2, 0) is 12.6 Å². The molecule has 1 aliphatic heterocycles. The lowest BCUT2D eigenvalue weighted by Gasteiger charge is -2.23. The molecule has 0 amide bonds. The van der Waals surface area contributed by atoms with Gasteiger partial charge in [-0.2, -0.15) is 13.2 Å². The quantitative estimate of drug-likeness (QED) is 0.699. The van der Waals surface area contributed by atoms with E-state index in [1.807, 2.05) is 0 Å². The first-order chi connectivity index (χ1) is 7.38. The van der Waals surface area contributed by atoms with E-state index >= 15 is 0 Å². The van der Waals surface area contributed by atoms with Crippen molar-refractivity contribution in [1.29, 1.82) is 0 Å². The van der Waals surface area contributed by atoms with E-state index in [0.29, 0.717) is 18.1 Å². The van der Waals surface area contributed by atoms with Crippen LogP contribution in [0.1, 0.15) is 11.1 Å². The third-order valence-corrected chi connectivity index (χ3v) is 2.39. The monoisotopic (exact) mass is 235 g/mol. The summed E-state index contributed by atoms with van der Waals surface area (Å²) >= 11 is 0. The van der Waals surface area contributed by atoms with Gasteiger partial charge in [-0.1, -0.05) is 0 Å². The smallest absolute Gasteiger partial charge is 0.419 e. The SMILES string of the molecule is N[C@H]1COc2cc(C(F)(F)F)c(F)cc2C1. The van der Waals surface area contributed by atoms with Gasteiger partial charge in [0.05, 0.1) is 5.56 Å². The molecule has 0 radical (unpaired) electrons. The van der Waals surface area contributed by atoms with Gasteiger partial charge in [-0.3, -0.25) is 0 Å². The molecule has 0 aromatic heterocycles. The van der Waals surface area contributed by atoms with Crippen molar-refractivity contribution in [3.63, 3.8) is 0 Å². The van der Waals surface area contributed by atoms with Crippen LogP contribution in [0.5, 0.6) is 5.75 Å². The largest absolute Gasteiger partial charge is 0.492 e. The first-order valence-corrected chi connectivity index (χ1v) is 4.66. The average molecular weight is 235 g/mol. The highest BCUT2D eigenvalue weighted by Gasteiger charge is 2.35. The van der Waals surface area contributed by atoms with Gasteiger partial charge in [0.1, 0.15) is 18.2 Å². The highest BCUT2D eigenvalue weighted by molar-refractivity contribution is 5.41. The molecule has 1 aromatic rings. The Balaban J connectivity index is 2.46. The second kappa shape index (κ2) is 3.62. The summed E-state index contributed by atoms with van der Waals surface area (Å²) in [6.07, 6.45) is -4.38. The maximum absolute atomic E-state index is 13.2. The number of rotatable bonds is 0. The molecular formula is C10H9F4NO. The predicted molar refractivity (Wildman–Crippen MR) is 48.6 cm³/mol. The molecule has 88 valence electrons. The zero-order chi connectivity index (χ0) is 11.9. The van der Waals surface area contributed by atoms with E-state index in [4.69, 9.17) is 10.5 Å². The Kier molecular flexibility index (Phi) is 2.53. The van der Waals surface area contributed by atoms with Gasteiger partial charge in [0.2, 0.25) is 0 Å². The lowest BCUT2D eigenvalue weighted by Crippen LogP contribution is -2.34. The van der Waals surface area contributed by atoms with Crippen molar-refractivity contribution in [3.8, 4) is 5.75 Å². The summed E-state index contributed by atoms with van der Waals surface area (Å²) in [5.41, 5.74) is 4.63. The first-order valence-electron chi connectivity index (χ1n) is 4.66. The van der Waals surface area contributed by atoms with E-state index in [-0.39, 0.29) is 18.4 Å². The van der Waals surface area contributed by atoms with Crippen LogP contribution in [0, 0.1) is 5.82 Å². The second-order valence-electron chi connectivity index (χ2n) is 3.71. The summed E-state index contributed by atoms with van der Waals surface area (Å²) in [7, 11) is 0. The van der Waals surface area contributed by atoms with Crippen molar-refractivity contribution >= 4 is 0 Å². The first kappa shape index (κ1) is 11.2. The van der Waals surface area contributed by atoms with E-state index < -0.39 is 17.6 Å². The minimum atomic E-state index is -4.71. The van der Waals surface area contributed by atoms with Gasteiger partial charge in [0.15, 0.2) is 0 Å². The van der Waals surface area contributed by atoms with Crippen LogP contribution in [0.25, 0.3) is 0 Å². The Morgan fingerprint density at radius 3 is 2.62 bits per heavy atom. The van der Waals surface area contributed by atoms with Crippen LogP contribution in [0.4, 0.5) is 17.6 Å². The molecule has 0 fully saturated rings. The van der Waals surface area contributed by atoms with Crippen molar-refractivity contribution in [3.05, 3.63) is 29.1 Å². The fourth-order valence-electron chi connectivity index (χ4n) is 1.64. The van der Waals surface area contributed by atoms with Gasteiger partial charge >= 0.3 is 6.18 Å². The number of benzene rings is 1. The molecule has 0 saturated heterocycles. The molecule has 0 aliphatic carbocycles. The number of hydrogen-bond donors (Lipinski definition) is 1. The van der Waals surface area contributed by atoms with Gasteiger partial charge in [-0.25, -0.2) is 4.39 Å². The molecule has 1 heterocycles. The molecule has 0 saturated carbocycles. The average Bonchev–Trinajstić information content (AvgIpc) is 2.14. The van der Waals surface area contributed by atoms with E-state index in [1.165, 1.54) is 0 Å². The summed E-state index contributed by atoms with van der Waals surface area (Å²) in [5.74, 6) is -1.22. The third-order valence-electron chi connectivity index (χ3n) is 2.39. The number of fused-ring (bicyclic) bond motifs is 1. The summed E-state index contributed by atoms with van der Waals surface area (Å²) in [6.45, 7) is 0.149. The summed E-state index contributed by atoms with van der Waals surface area (Å²) in [4.78, 5) is 0. The van der Waals surface area contributed by atoms with Crippen LogP contribution in [0.15, 0.2) is 12.1 Å².